The van der Waals surface area contributed by atoms with E-state index in [4.69, 9.17) is 4.74 Å². The molecule has 0 spiro atoms. The summed E-state index contributed by atoms with van der Waals surface area (Å²) in [5.41, 5.74) is 6.29. The maximum atomic E-state index is 11.8. The fourth-order valence-electron chi connectivity index (χ4n) is 7.56. The number of hydrogen-bond acceptors (Lipinski definition) is 4. The molecule has 321 valence electrons. The second-order valence-corrected chi connectivity index (χ2v) is 20.4. The average molecular weight is 847 g/mol. The van der Waals surface area contributed by atoms with Crippen molar-refractivity contribution in [1.82, 2.24) is 0 Å². The van der Waals surface area contributed by atoms with Crippen LogP contribution in [0.2, 0.25) is 0 Å². The molecule has 2 unspecified atom stereocenters. The Kier molecular flexibility index (Phi) is 14.6. The van der Waals surface area contributed by atoms with E-state index >= 15 is 0 Å². The molecule has 2 N–H and O–H groups in total. The summed E-state index contributed by atoms with van der Waals surface area (Å²) in [7, 11) is 0. The number of hydrogen-bond donors (Lipinski definition) is 2. The molecule has 2 aliphatic rings. The number of phenols is 2. The van der Waals surface area contributed by atoms with Gasteiger partial charge in [-0.2, -0.15) is 0 Å². The van der Waals surface area contributed by atoms with Gasteiger partial charge < -0.3 is 9.84 Å². The minimum atomic E-state index is -0.124. The average Bonchev–Trinajstić information content (AvgIpc) is 3.56. The van der Waals surface area contributed by atoms with Crippen LogP contribution < -0.4 is 9.84 Å². The topological polar surface area (TPSA) is 78.8 Å². The van der Waals surface area contributed by atoms with Gasteiger partial charge in [-0.05, 0) is 24.3 Å². The molecule has 6 rings (SSSR count). The summed E-state index contributed by atoms with van der Waals surface area (Å²) < 4.78 is 10.4. The Hall–Kier alpha value is -4.07. The SMILES string of the molecule is CCC(C)(C)c1cc(C=[N+]2[Co][N+](=Cc3cc(C(C)(C)CC)cc(C(C)(C)CC)c3O)C3CCCCC32)c(O)c(C(C)(C)CC)c1.[O-]c1ccc(Oc2ccccc2)cc1. The van der Waals surface area contributed by atoms with Crippen molar-refractivity contribution in [1.29, 1.82) is 0 Å². The first-order valence-electron chi connectivity index (χ1n) is 21.9. The normalized spacial score (nSPS) is 18.8. The van der Waals surface area contributed by atoms with E-state index in [9.17, 15) is 15.3 Å². The fourth-order valence-corrected chi connectivity index (χ4v) is 9.18. The minimum absolute atomic E-state index is 0.00888. The van der Waals surface area contributed by atoms with Gasteiger partial charge >= 0.3 is 282 Å². The molecule has 1 saturated heterocycles. The third kappa shape index (κ3) is 10.6. The molecule has 1 heterocycles. The molecular formula is C52H71CoN2O4+. The minimum Gasteiger partial charge on any atom is -0.872 e. The number of ether oxygens (including phenoxy) is 1. The summed E-state index contributed by atoms with van der Waals surface area (Å²) in [5.74, 6) is 2.27. The predicted molar refractivity (Wildman–Crippen MR) is 239 cm³/mol. The summed E-state index contributed by atoms with van der Waals surface area (Å²) in [6.45, 7) is 27.1. The number of benzene rings is 4. The zero-order valence-corrected chi connectivity index (χ0v) is 39.0. The van der Waals surface area contributed by atoms with Crippen molar-refractivity contribution in [3.8, 4) is 28.7 Å². The number of para-hydroxylation sites is 1. The van der Waals surface area contributed by atoms with E-state index in [-0.39, 0.29) is 27.4 Å². The largest absolute Gasteiger partial charge is 0.872 e. The van der Waals surface area contributed by atoms with Gasteiger partial charge in [0.15, 0.2) is 0 Å². The second kappa shape index (κ2) is 18.7. The number of fused-ring (bicyclic) bond motifs is 1. The van der Waals surface area contributed by atoms with Crippen LogP contribution in [-0.4, -0.2) is 42.0 Å². The molecule has 2 fully saturated rings. The van der Waals surface area contributed by atoms with Crippen LogP contribution in [0.5, 0.6) is 28.7 Å². The molecule has 6 nitrogen and oxygen atoms in total. The number of aromatic hydroxyl groups is 2. The number of nitrogens with zero attached hydrogens (tertiary/aromatic N) is 2. The van der Waals surface area contributed by atoms with Crippen LogP contribution in [0.15, 0.2) is 78.9 Å². The van der Waals surface area contributed by atoms with Gasteiger partial charge in [-0.25, -0.2) is 0 Å². The first-order valence-corrected chi connectivity index (χ1v) is 22.8. The van der Waals surface area contributed by atoms with E-state index in [1.807, 2.05) is 30.3 Å². The van der Waals surface area contributed by atoms with Crippen LogP contribution in [-0.2, 0) is 36.8 Å². The third-order valence-corrected chi connectivity index (χ3v) is 15.0. The molecule has 0 aromatic heterocycles. The van der Waals surface area contributed by atoms with Crippen LogP contribution >= 0.6 is 0 Å². The molecule has 7 heteroatoms. The fraction of sp³-hybridized carbons (Fsp3) is 0.500. The van der Waals surface area contributed by atoms with Crippen molar-refractivity contribution in [2.24, 2.45) is 0 Å². The zero-order chi connectivity index (χ0) is 43.3. The van der Waals surface area contributed by atoms with E-state index in [0.717, 1.165) is 81.7 Å². The maximum absolute atomic E-state index is 11.8. The van der Waals surface area contributed by atoms with Crippen LogP contribution in [0.1, 0.15) is 168 Å². The molecule has 0 bridgehead atoms. The Morgan fingerprint density at radius 3 is 1.37 bits per heavy atom. The van der Waals surface area contributed by atoms with E-state index in [2.05, 4.69) is 127 Å². The van der Waals surface area contributed by atoms with Gasteiger partial charge in [-0.3, -0.25) is 0 Å². The summed E-state index contributed by atoms with van der Waals surface area (Å²) >= 11 is 1.12. The second-order valence-electron chi connectivity index (χ2n) is 19.1. The van der Waals surface area contributed by atoms with Crippen molar-refractivity contribution in [2.75, 3.05) is 0 Å². The molecule has 4 aromatic rings. The van der Waals surface area contributed by atoms with Gasteiger partial charge in [-0.1, -0.05) is 30.3 Å². The van der Waals surface area contributed by atoms with Gasteiger partial charge in [0, 0.05) is 0 Å². The molecule has 2 atom stereocenters. The first-order chi connectivity index (χ1) is 27.8. The molecule has 1 aliphatic heterocycles. The summed E-state index contributed by atoms with van der Waals surface area (Å²) in [5, 5.41) is 34.3. The Labute approximate surface area is 362 Å². The smallest absolute Gasteiger partial charge is 0.127 e. The molecule has 1 saturated carbocycles. The molecule has 0 radical (unpaired) electrons. The Morgan fingerprint density at radius 2 is 0.983 bits per heavy atom. The summed E-state index contributed by atoms with van der Waals surface area (Å²) in [6, 6.07) is 25.5. The van der Waals surface area contributed by atoms with Crippen LogP contribution in [0, 0.1) is 0 Å². The van der Waals surface area contributed by atoms with Crippen LogP contribution in [0.4, 0.5) is 0 Å². The summed E-state index contributed by atoms with van der Waals surface area (Å²) in [6.07, 6.45) is 13.2. The maximum Gasteiger partial charge on any atom is 0.127 e. The van der Waals surface area contributed by atoms with Crippen molar-refractivity contribution >= 4 is 12.4 Å². The van der Waals surface area contributed by atoms with Gasteiger partial charge in [-0.15, -0.1) is 5.75 Å². The van der Waals surface area contributed by atoms with Gasteiger partial charge in [0.2, 0.25) is 0 Å². The predicted octanol–water partition coefficient (Wildman–Crippen LogP) is 12.2. The summed E-state index contributed by atoms with van der Waals surface area (Å²) in [4.78, 5) is 0. The van der Waals surface area contributed by atoms with E-state index in [1.165, 1.54) is 36.1 Å². The van der Waals surface area contributed by atoms with Gasteiger partial charge in [0.1, 0.15) is 11.5 Å². The molecular weight excluding hydrogens is 776 g/mol. The molecule has 1 aliphatic carbocycles. The molecule has 0 amide bonds. The monoisotopic (exact) mass is 846 g/mol. The van der Waals surface area contributed by atoms with Crippen molar-refractivity contribution in [3.05, 3.63) is 112 Å². The van der Waals surface area contributed by atoms with E-state index < -0.39 is 0 Å². The van der Waals surface area contributed by atoms with Crippen molar-refractivity contribution in [3.63, 3.8) is 0 Å². The molecule has 59 heavy (non-hydrogen) atoms. The first kappa shape index (κ1) is 46.0. The van der Waals surface area contributed by atoms with Crippen LogP contribution in [0.3, 0.4) is 0 Å². The standard InChI is InChI=1S/C40H62N2O2.C12H10O2.Co/c1-13-37(5,6)29-21-27(35(43)31(23-29)39(9,10)15-3)25-41-33-19-17-18-20-34(33)42-26-28-22-30(38(7,8)14-2)24-32(36(28)44)40(11,12)16-4;13-10-6-8-12(9-7-10)14-11-4-2-1-3-5-11;/h21-26,33-34,43-44H,13-20H2,1-12H3;1-9,13H;/q;;+2/p-1. The Morgan fingerprint density at radius 1 is 0.593 bits per heavy atom. The number of phenolic OH excluding ortho intramolecular Hbond substituents is 2. The van der Waals surface area contributed by atoms with Crippen molar-refractivity contribution in [2.45, 2.75) is 168 Å². The quantitative estimate of drug-likeness (QED) is 0.149. The Balaban J connectivity index is 0.000000395. The van der Waals surface area contributed by atoms with E-state index in [1.54, 1.807) is 12.1 Å². The Bertz CT molecular complexity index is 2010. The zero-order valence-electron chi connectivity index (χ0n) is 37.9. The third-order valence-electron chi connectivity index (χ3n) is 13.6. The van der Waals surface area contributed by atoms with Crippen molar-refractivity contribution < 1.29 is 42.4 Å². The van der Waals surface area contributed by atoms with Gasteiger partial charge in [0.05, 0.1) is 0 Å². The van der Waals surface area contributed by atoms with Gasteiger partial charge in [0.25, 0.3) is 0 Å². The number of rotatable bonds is 12. The molecule has 4 aromatic carbocycles. The van der Waals surface area contributed by atoms with Crippen LogP contribution in [0.25, 0.3) is 0 Å². The van der Waals surface area contributed by atoms with E-state index in [0.29, 0.717) is 29.3 Å².